The molecule has 0 fully saturated rings. The number of hydrogen-bond donors (Lipinski definition) is 0. The van der Waals surface area contributed by atoms with Crippen LogP contribution >= 0.6 is 0 Å². The fourth-order valence-electron chi connectivity index (χ4n) is 4.39. The van der Waals surface area contributed by atoms with Crippen LogP contribution in [0.3, 0.4) is 0 Å². The molecule has 2 rings (SSSR count). The summed E-state index contributed by atoms with van der Waals surface area (Å²) < 4.78 is 0. The van der Waals surface area contributed by atoms with Gasteiger partial charge in [0.1, 0.15) is 0 Å². The van der Waals surface area contributed by atoms with Crippen molar-refractivity contribution >= 4 is 5.78 Å². The molecule has 1 heteroatoms. The van der Waals surface area contributed by atoms with Gasteiger partial charge in [0, 0.05) is 11.1 Å². The molecule has 0 saturated carbocycles. The number of carbonyl (C=O) groups excluding carboxylic acids is 1. The summed E-state index contributed by atoms with van der Waals surface area (Å²) in [7, 11) is 0. The minimum Gasteiger partial charge on any atom is -0.289 e. The van der Waals surface area contributed by atoms with Gasteiger partial charge in [0.25, 0.3) is 0 Å². The summed E-state index contributed by atoms with van der Waals surface area (Å²) in [6, 6.07) is 17.8. The Labute approximate surface area is 191 Å². The van der Waals surface area contributed by atoms with Crippen LogP contribution in [0.25, 0.3) is 0 Å². The van der Waals surface area contributed by atoms with Crippen LogP contribution in [0.2, 0.25) is 0 Å². The van der Waals surface area contributed by atoms with Crippen LogP contribution in [0.5, 0.6) is 0 Å². The van der Waals surface area contributed by atoms with Crippen molar-refractivity contribution in [3.8, 4) is 0 Å². The Hall–Kier alpha value is -1.89. The molecule has 31 heavy (non-hydrogen) atoms. The predicted octanol–water partition coefficient (Wildman–Crippen LogP) is 9.33. The Kier molecular flexibility index (Phi) is 13.7. The highest BCUT2D eigenvalue weighted by Gasteiger charge is 2.12. The molecule has 1 nitrogen and oxygen atoms in total. The molecule has 0 amide bonds. The van der Waals surface area contributed by atoms with E-state index in [0.29, 0.717) is 0 Å². The van der Waals surface area contributed by atoms with Crippen LogP contribution in [0.4, 0.5) is 0 Å². The van der Waals surface area contributed by atoms with Crippen LogP contribution in [0, 0.1) is 0 Å². The summed E-state index contributed by atoms with van der Waals surface area (Å²) in [6.07, 6.45) is 21.8. The molecule has 2 aromatic carbocycles. The van der Waals surface area contributed by atoms with Crippen molar-refractivity contribution in [1.29, 1.82) is 0 Å². The highest BCUT2D eigenvalue weighted by Crippen LogP contribution is 2.18. The topological polar surface area (TPSA) is 17.1 Å². The van der Waals surface area contributed by atoms with Crippen molar-refractivity contribution in [2.75, 3.05) is 0 Å². The van der Waals surface area contributed by atoms with E-state index in [1.165, 1.54) is 102 Å². The molecule has 0 N–H and O–H groups in total. The Balaban J connectivity index is 1.51. The highest BCUT2D eigenvalue weighted by molar-refractivity contribution is 6.09. The van der Waals surface area contributed by atoms with E-state index >= 15 is 0 Å². The number of unbranched alkanes of at least 4 members (excludes halogenated alkanes) is 14. The first-order valence-corrected chi connectivity index (χ1v) is 13.0. The first-order chi connectivity index (χ1) is 15.3. The van der Waals surface area contributed by atoms with Gasteiger partial charge >= 0.3 is 0 Å². The van der Waals surface area contributed by atoms with E-state index in [9.17, 15) is 4.79 Å². The summed E-state index contributed by atoms with van der Waals surface area (Å²) in [6.45, 7) is 2.29. The van der Waals surface area contributed by atoms with Crippen LogP contribution < -0.4 is 0 Å². The van der Waals surface area contributed by atoms with Gasteiger partial charge in [-0.05, 0) is 18.4 Å². The van der Waals surface area contributed by atoms with Gasteiger partial charge in [-0.15, -0.1) is 0 Å². The zero-order valence-corrected chi connectivity index (χ0v) is 19.9. The van der Waals surface area contributed by atoms with Gasteiger partial charge in [-0.1, -0.05) is 151 Å². The molecule has 170 valence electrons. The third-order valence-corrected chi connectivity index (χ3v) is 6.35. The van der Waals surface area contributed by atoms with Gasteiger partial charge in [-0.2, -0.15) is 0 Å². The van der Waals surface area contributed by atoms with E-state index in [2.05, 4.69) is 19.1 Å². The zero-order chi connectivity index (χ0) is 22.0. The van der Waals surface area contributed by atoms with E-state index in [-0.39, 0.29) is 5.78 Å². The molecule has 0 aliphatic rings. The molecular weight excluding hydrogens is 376 g/mol. The van der Waals surface area contributed by atoms with Crippen molar-refractivity contribution in [1.82, 2.24) is 0 Å². The number of aryl methyl sites for hydroxylation is 1. The molecule has 0 radical (unpaired) electrons. The monoisotopic (exact) mass is 420 g/mol. The Morgan fingerprint density at radius 2 is 1.00 bits per heavy atom. The van der Waals surface area contributed by atoms with Gasteiger partial charge in [0.15, 0.2) is 5.78 Å². The van der Waals surface area contributed by atoms with Gasteiger partial charge in [0.05, 0.1) is 0 Å². The number of hydrogen-bond acceptors (Lipinski definition) is 1. The molecule has 0 aliphatic carbocycles. The van der Waals surface area contributed by atoms with Crippen LogP contribution in [-0.4, -0.2) is 5.78 Å². The summed E-state index contributed by atoms with van der Waals surface area (Å²) in [5.41, 5.74) is 2.86. The largest absolute Gasteiger partial charge is 0.289 e. The molecular formula is C30H44O. The Morgan fingerprint density at radius 3 is 1.55 bits per heavy atom. The third kappa shape index (κ3) is 10.8. The van der Waals surface area contributed by atoms with Gasteiger partial charge in [0.2, 0.25) is 0 Å². The minimum atomic E-state index is 0.150. The molecule has 0 unspecified atom stereocenters. The molecule has 0 atom stereocenters. The average molecular weight is 421 g/mol. The smallest absolute Gasteiger partial charge is 0.193 e. The second-order valence-corrected chi connectivity index (χ2v) is 9.05. The second kappa shape index (κ2) is 16.8. The molecule has 0 spiro atoms. The summed E-state index contributed by atoms with van der Waals surface area (Å²) >= 11 is 0. The predicted molar refractivity (Wildman–Crippen MR) is 135 cm³/mol. The maximum absolute atomic E-state index is 12.8. The number of carbonyl (C=O) groups is 1. The maximum Gasteiger partial charge on any atom is 0.193 e. The zero-order valence-electron chi connectivity index (χ0n) is 19.9. The number of rotatable bonds is 18. The fourth-order valence-corrected chi connectivity index (χ4v) is 4.39. The second-order valence-electron chi connectivity index (χ2n) is 9.05. The quantitative estimate of drug-likeness (QED) is 0.173. The van der Waals surface area contributed by atoms with E-state index in [1.54, 1.807) is 0 Å². The Bertz CT molecular complexity index is 703. The van der Waals surface area contributed by atoms with Gasteiger partial charge in [-0.25, -0.2) is 0 Å². The summed E-state index contributed by atoms with van der Waals surface area (Å²) in [4.78, 5) is 12.8. The summed E-state index contributed by atoms with van der Waals surface area (Å²) in [5.74, 6) is 0.150. The van der Waals surface area contributed by atoms with E-state index in [4.69, 9.17) is 0 Å². The molecule has 0 bridgehead atoms. The number of benzene rings is 2. The van der Waals surface area contributed by atoms with Crippen molar-refractivity contribution in [3.05, 3.63) is 71.3 Å². The van der Waals surface area contributed by atoms with Crippen molar-refractivity contribution in [3.63, 3.8) is 0 Å². The first-order valence-electron chi connectivity index (χ1n) is 13.0. The third-order valence-electron chi connectivity index (χ3n) is 6.35. The number of ketones is 1. The summed E-state index contributed by atoms with van der Waals surface area (Å²) in [5, 5.41) is 0. The lowest BCUT2D eigenvalue weighted by Crippen LogP contribution is -2.05. The van der Waals surface area contributed by atoms with E-state index in [0.717, 1.165) is 17.5 Å². The minimum absolute atomic E-state index is 0.150. The lowest BCUT2D eigenvalue weighted by molar-refractivity contribution is 0.103. The fraction of sp³-hybridized carbons (Fsp3) is 0.567. The van der Waals surface area contributed by atoms with Crippen LogP contribution in [-0.2, 0) is 6.42 Å². The highest BCUT2D eigenvalue weighted by atomic mass is 16.1. The normalized spacial score (nSPS) is 11.0. The molecule has 0 aliphatic heterocycles. The molecule has 0 aromatic heterocycles. The van der Waals surface area contributed by atoms with E-state index < -0.39 is 0 Å². The van der Waals surface area contributed by atoms with Crippen molar-refractivity contribution in [2.24, 2.45) is 0 Å². The Morgan fingerprint density at radius 1 is 0.548 bits per heavy atom. The molecule has 0 heterocycles. The average Bonchev–Trinajstić information content (AvgIpc) is 2.82. The lowest BCUT2D eigenvalue weighted by atomic mass is 9.95. The SMILES string of the molecule is CCCCCCCCCCCCCCCCCc1ccccc1C(=O)c1ccccc1. The standard InChI is InChI=1S/C30H44O/c1-2-3-4-5-6-7-8-9-10-11-12-13-14-15-17-22-27-23-20-21-26-29(27)30(31)28-24-18-16-19-25-28/h16,18-21,23-26H,2-15,17,22H2,1H3. The van der Waals surface area contributed by atoms with Crippen LogP contribution in [0.15, 0.2) is 54.6 Å². The van der Waals surface area contributed by atoms with Crippen molar-refractivity contribution in [2.45, 2.75) is 110 Å². The van der Waals surface area contributed by atoms with Gasteiger partial charge < -0.3 is 0 Å². The van der Waals surface area contributed by atoms with Crippen LogP contribution in [0.1, 0.15) is 125 Å². The lowest BCUT2D eigenvalue weighted by Gasteiger charge is -2.09. The molecule has 0 saturated heterocycles. The van der Waals surface area contributed by atoms with E-state index in [1.807, 2.05) is 42.5 Å². The molecule has 2 aromatic rings. The van der Waals surface area contributed by atoms with Crippen molar-refractivity contribution < 1.29 is 4.79 Å². The van der Waals surface area contributed by atoms with Gasteiger partial charge in [-0.3, -0.25) is 4.79 Å². The first kappa shape index (κ1) is 25.4. The maximum atomic E-state index is 12.8.